The Labute approximate surface area is 87.8 Å². The van der Waals surface area contributed by atoms with Gasteiger partial charge in [0.25, 0.3) is 0 Å². The van der Waals surface area contributed by atoms with Crippen LogP contribution in [0.25, 0.3) is 0 Å². The fourth-order valence-electron chi connectivity index (χ4n) is 1.64. The fourth-order valence-corrected chi connectivity index (χ4v) is 1.64. The van der Waals surface area contributed by atoms with E-state index in [-0.39, 0.29) is 6.04 Å². The molecular formula is C10H14N4O. The largest absolute Gasteiger partial charge is 0.472 e. The molecule has 2 heterocycles. The number of rotatable bonds is 4. The lowest BCUT2D eigenvalue weighted by atomic mass is 10.1. The van der Waals surface area contributed by atoms with Crippen LogP contribution in [0.1, 0.15) is 24.2 Å². The summed E-state index contributed by atoms with van der Waals surface area (Å²) < 4.78 is 6.94. The van der Waals surface area contributed by atoms with Crippen molar-refractivity contribution in [3.63, 3.8) is 0 Å². The van der Waals surface area contributed by atoms with Gasteiger partial charge >= 0.3 is 0 Å². The second-order valence-electron chi connectivity index (χ2n) is 3.23. The van der Waals surface area contributed by atoms with E-state index in [1.807, 2.05) is 23.7 Å². The van der Waals surface area contributed by atoms with Crippen LogP contribution >= 0.6 is 0 Å². The van der Waals surface area contributed by atoms with Gasteiger partial charge in [-0.3, -0.25) is 10.5 Å². The van der Waals surface area contributed by atoms with Crippen LogP contribution in [-0.2, 0) is 6.54 Å². The van der Waals surface area contributed by atoms with Crippen LogP contribution in [0.5, 0.6) is 0 Å². The Morgan fingerprint density at radius 2 is 2.47 bits per heavy atom. The highest BCUT2D eigenvalue weighted by atomic mass is 16.3. The number of nitrogens with two attached hydrogens (primary N) is 1. The molecule has 0 radical (unpaired) electrons. The van der Waals surface area contributed by atoms with Crippen LogP contribution in [0, 0.1) is 0 Å². The molecule has 2 aromatic heterocycles. The van der Waals surface area contributed by atoms with Gasteiger partial charge in [-0.2, -0.15) is 5.10 Å². The predicted molar refractivity (Wildman–Crippen MR) is 55.8 cm³/mol. The molecular weight excluding hydrogens is 192 g/mol. The lowest BCUT2D eigenvalue weighted by Gasteiger charge is -2.15. The van der Waals surface area contributed by atoms with Crippen LogP contribution < -0.4 is 11.3 Å². The standard InChI is InChI=1S/C10H14N4O/c1-2-14-9(3-5-12-14)10(13-11)8-4-6-15-7-8/h3-7,10,13H,2,11H2,1H3. The van der Waals surface area contributed by atoms with Gasteiger partial charge in [0, 0.05) is 18.3 Å². The smallest absolute Gasteiger partial charge is 0.0954 e. The van der Waals surface area contributed by atoms with Gasteiger partial charge in [0.1, 0.15) is 0 Å². The first-order valence-electron chi connectivity index (χ1n) is 4.86. The zero-order chi connectivity index (χ0) is 10.7. The van der Waals surface area contributed by atoms with E-state index in [9.17, 15) is 0 Å². The Morgan fingerprint density at radius 3 is 3.07 bits per heavy atom. The maximum Gasteiger partial charge on any atom is 0.0954 e. The van der Waals surface area contributed by atoms with Gasteiger partial charge in [0.05, 0.1) is 24.3 Å². The zero-order valence-electron chi connectivity index (χ0n) is 8.55. The number of nitrogens with one attached hydrogen (secondary N) is 1. The summed E-state index contributed by atoms with van der Waals surface area (Å²) in [6.45, 7) is 2.86. The molecule has 0 aliphatic heterocycles. The predicted octanol–water partition coefficient (Wildman–Crippen LogP) is 1.05. The molecule has 0 aromatic carbocycles. The van der Waals surface area contributed by atoms with Gasteiger partial charge in [-0.15, -0.1) is 0 Å². The summed E-state index contributed by atoms with van der Waals surface area (Å²) in [7, 11) is 0. The van der Waals surface area contributed by atoms with Gasteiger partial charge < -0.3 is 4.42 Å². The van der Waals surface area contributed by atoms with Gasteiger partial charge in [-0.1, -0.05) is 0 Å². The Bertz CT molecular complexity index is 407. The van der Waals surface area contributed by atoms with Crippen LogP contribution in [0.4, 0.5) is 0 Å². The Hall–Kier alpha value is -1.59. The third kappa shape index (κ3) is 1.79. The van der Waals surface area contributed by atoms with Gasteiger partial charge in [0.15, 0.2) is 0 Å². The molecule has 1 unspecified atom stereocenters. The quantitative estimate of drug-likeness (QED) is 0.579. The minimum Gasteiger partial charge on any atom is -0.472 e. The molecule has 1 atom stereocenters. The highest BCUT2D eigenvalue weighted by molar-refractivity contribution is 5.23. The summed E-state index contributed by atoms with van der Waals surface area (Å²) in [6, 6.07) is 3.75. The Kier molecular flexibility index (Phi) is 2.84. The molecule has 0 spiro atoms. The van der Waals surface area contributed by atoms with Crippen molar-refractivity contribution < 1.29 is 4.42 Å². The second-order valence-corrected chi connectivity index (χ2v) is 3.23. The Morgan fingerprint density at radius 1 is 1.60 bits per heavy atom. The number of furan rings is 1. The highest BCUT2D eigenvalue weighted by Gasteiger charge is 2.17. The van der Waals surface area contributed by atoms with E-state index < -0.39 is 0 Å². The summed E-state index contributed by atoms with van der Waals surface area (Å²) in [5.41, 5.74) is 4.78. The van der Waals surface area contributed by atoms with Crippen molar-refractivity contribution in [3.8, 4) is 0 Å². The van der Waals surface area contributed by atoms with E-state index >= 15 is 0 Å². The summed E-state index contributed by atoms with van der Waals surface area (Å²) in [5.74, 6) is 5.55. The van der Waals surface area contributed by atoms with E-state index in [4.69, 9.17) is 10.3 Å². The molecule has 5 heteroatoms. The van der Waals surface area contributed by atoms with E-state index in [1.165, 1.54) is 0 Å². The molecule has 80 valence electrons. The molecule has 2 aromatic rings. The van der Waals surface area contributed by atoms with E-state index in [0.29, 0.717) is 0 Å². The van der Waals surface area contributed by atoms with Crippen molar-refractivity contribution >= 4 is 0 Å². The average Bonchev–Trinajstić information content (AvgIpc) is 2.89. The van der Waals surface area contributed by atoms with Crippen molar-refractivity contribution in [2.75, 3.05) is 0 Å². The molecule has 0 saturated heterocycles. The third-order valence-corrected chi connectivity index (χ3v) is 2.39. The van der Waals surface area contributed by atoms with E-state index in [1.54, 1.807) is 18.7 Å². The molecule has 0 bridgehead atoms. The Balaban J connectivity index is 2.35. The molecule has 0 amide bonds. The molecule has 3 N–H and O–H groups in total. The van der Waals surface area contributed by atoms with Crippen molar-refractivity contribution in [2.45, 2.75) is 19.5 Å². The molecule has 0 saturated carbocycles. The first kappa shape index (κ1) is 9.95. The maximum atomic E-state index is 5.55. The number of nitrogens with zero attached hydrogens (tertiary/aromatic N) is 2. The van der Waals surface area contributed by atoms with Crippen molar-refractivity contribution in [1.82, 2.24) is 15.2 Å². The number of hydrogen-bond acceptors (Lipinski definition) is 4. The van der Waals surface area contributed by atoms with E-state index in [0.717, 1.165) is 17.8 Å². The normalized spacial score (nSPS) is 12.9. The third-order valence-electron chi connectivity index (χ3n) is 2.39. The minimum atomic E-state index is -0.0776. The first-order valence-corrected chi connectivity index (χ1v) is 4.86. The van der Waals surface area contributed by atoms with Crippen LogP contribution in [0.15, 0.2) is 35.3 Å². The lowest BCUT2D eigenvalue weighted by molar-refractivity contribution is 0.527. The van der Waals surface area contributed by atoms with Crippen LogP contribution in [0.2, 0.25) is 0 Å². The maximum absolute atomic E-state index is 5.55. The molecule has 0 aliphatic rings. The first-order chi connectivity index (χ1) is 7.36. The number of hydrazine groups is 1. The highest BCUT2D eigenvalue weighted by Crippen LogP contribution is 2.21. The zero-order valence-corrected chi connectivity index (χ0v) is 8.55. The van der Waals surface area contributed by atoms with Gasteiger partial charge in [0.2, 0.25) is 0 Å². The molecule has 2 rings (SSSR count). The minimum absolute atomic E-state index is 0.0776. The van der Waals surface area contributed by atoms with Gasteiger partial charge in [-0.05, 0) is 19.1 Å². The summed E-state index contributed by atoms with van der Waals surface area (Å²) in [4.78, 5) is 0. The van der Waals surface area contributed by atoms with Crippen LogP contribution in [0.3, 0.4) is 0 Å². The molecule has 0 aliphatic carbocycles. The van der Waals surface area contributed by atoms with Crippen molar-refractivity contribution in [2.24, 2.45) is 5.84 Å². The van der Waals surface area contributed by atoms with Crippen molar-refractivity contribution in [1.29, 1.82) is 0 Å². The molecule has 15 heavy (non-hydrogen) atoms. The summed E-state index contributed by atoms with van der Waals surface area (Å²) >= 11 is 0. The summed E-state index contributed by atoms with van der Waals surface area (Å²) in [6.07, 6.45) is 5.08. The fraction of sp³-hybridized carbons (Fsp3) is 0.300. The van der Waals surface area contributed by atoms with Crippen LogP contribution in [-0.4, -0.2) is 9.78 Å². The summed E-state index contributed by atoms with van der Waals surface area (Å²) in [5, 5.41) is 4.20. The second kappa shape index (κ2) is 4.29. The number of aromatic nitrogens is 2. The monoisotopic (exact) mass is 206 g/mol. The number of hydrogen-bond donors (Lipinski definition) is 2. The van der Waals surface area contributed by atoms with Crippen molar-refractivity contribution in [3.05, 3.63) is 42.1 Å². The number of aryl methyl sites for hydroxylation is 1. The molecule has 5 nitrogen and oxygen atoms in total. The lowest BCUT2D eigenvalue weighted by Crippen LogP contribution is -2.30. The topological polar surface area (TPSA) is 69.0 Å². The van der Waals surface area contributed by atoms with Gasteiger partial charge in [-0.25, -0.2) is 5.43 Å². The van der Waals surface area contributed by atoms with E-state index in [2.05, 4.69) is 10.5 Å². The average molecular weight is 206 g/mol. The SMILES string of the molecule is CCn1nccc1C(NN)c1ccoc1. The molecule has 0 fully saturated rings.